The Morgan fingerprint density at radius 3 is 1.89 bits per heavy atom. The van der Waals surface area contributed by atoms with Gasteiger partial charge in [0.25, 0.3) is 6.43 Å². The lowest BCUT2D eigenvalue weighted by atomic mass is 9.59. The largest absolute Gasteiger partial charge is 0.459 e. The average molecular weight is 278 g/mol. The van der Waals surface area contributed by atoms with E-state index in [2.05, 4.69) is 0 Å². The molecule has 114 valence electrons. The molecule has 1 unspecified atom stereocenters. The van der Waals surface area contributed by atoms with Crippen molar-refractivity contribution in [3.8, 4) is 0 Å². The molecule has 0 saturated carbocycles. The Balaban J connectivity index is 5.22. The Labute approximate surface area is 115 Å². The van der Waals surface area contributed by atoms with Crippen molar-refractivity contribution in [1.82, 2.24) is 0 Å². The summed E-state index contributed by atoms with van der Waals surface area (Å²) in [6.07, 6.45) is -1.24. The Hall–Kier alpha value is -0.670. The maximum absolute atomic E-state index is 12.3. The normalized spacial score (nSPS) is 16.3. The predicted molar refractivity (Wildman–Crippen MR) is 73.2 cm³/mol. The van der Waals surface area contributed by atoms with E-state index in [0.717, 1.165) is 6.42 Å². The Bertz CT molecular complexity index is 306. The number of carbonyl (C=O) groups is 1. The summed E-state index contributed by atoms with van der Waals surface area (Å²) >= 11 is 0. The van der Waals surface area contributed by atoms with Gasteiger partial charge in [0.05, 0.1) is 5.41 Å². The van der Waals surface area contributed by atoms with Gasteiger partial charge in [-0.2, -0.15) is 0 Å². The maximum atomic E-state index is 12.3. The third-order valence-corrected chi connectivity index (χ3v) is 4.05. The number of hydrogen-bond acceptors (Lipinski definition) is 2. The predicted octanol–water partition coefficient (Wildman–Crippen LogP) is 4.67. The summed E-state index contributed by atoms with van der Waals surface area (Å²) in [6, 6.07) is 0. The first-order valence-corrected chi connectivity index (χ1v) is 6.81. The van der Waals surface area contributed by atoms with Crippen LogP contribution in [0.5, 0.6) is 0 Å². The highest BCUT2D eigenvalue weighted by Gasteiger charge is 2.49. The van der Waals surface area contributed by atoms with Gasteiger partial charge in [-0.1, -0.05) is 41.5 Å². The van der Waals surface area contributed by atoms with Crippen LogP contribution in [-0.4, -0.2) is 19.0 Å². The molecule has 0 radical (unpaired) electrons. The van der Waals surface area contributed by atoms with Crippen molar-refractivity contribution in [2.45, 2.75) is 67.7 Å². The van der Waals surface area contributed by atoms with E-state index in [1.54, 1.807) is 0 Å². The van der Waals surface area contributed by atoms with E-state index in [4.69, 9.17) is 4.74 Å². The highest BCUT2D eigenvalue weighted by atomic mass is 19.3. The van der Waals surface area contributed by atoms with Gasteiger partial charge in [-0.3, -0.25) is 4.79 Å². The molecule has 0 rings (SSSR count). The molecule has 0 aromatic rings. The third kappa shape index (κ3) is 5.07. The number of alkyl halides is 2. The van der Waals surface area contributed by atoms with Crippen LogP contribution in [-0.2, 0) is 9.53 Å². The smallest absolute Gasteiger partial charge is 0.312 e. The van der Waals surface area contributed by atoms with Gasteiger partial charge >= 0.3 is 5.97 Å². The molecular formula is C15H28F2O2. The molecule has 1 atom stereocenters. The minimum atomic E-state index is -2.62. The van der Waals surface area contributed by atoms with Gasteiger partial charge in [-0.15, -0.1) is 0 Å². The Morgan fingerprint density at radius 1 is 1.11 bits per heavy atom. The molecule has 0 aliphatic carbocycles. The van der Waals surface area contributed by atoms with Gasteiger partial charge in [0, 0.05) is 0 Å². The highest BCUT2D eigenvalue weighted by Crippen LogP contribution is 2.49. The monoisotopic (exact) mass is 278 g/mol. The topological polar surface area (TPSA) is 26.3 Å². The lowest BCUT2D eigenvalue weighted by Crippen LogP contribution is -2.45. The fraction of sp³-hybridized carbons (Fsp3) is 0.933. The van der Waals surface area contributed by atoms with Crippen LogP contribution in [0.1, 0.15) is 61.3 Å². The second-order valence-corrected chi connectivity index (χ2v) is 7.30. The zero-order valence-corrected chi connectivity index (χ0v) is 13.3. The molecule has 19 heavy (non-hydrogen) atoms. The van der Waals surface area contributed by atoms with Crippen LogP contribution in [0.25, 0.3) is 0 Å². The second kappa shape index (κ2) is 6.19. The van der Waals surface area contributed by atoms with Crippen molar-refractivity contribution in [2.75, 3.05) is 6.61 Å². The quantitative estimate of drug-likeness (QED) is 0.660. The zero-order valence-electron chi connectivity index (χ0n) is 13.3. The van der Waals surface area contributed by atoms with E-state index >= 15 is 0 Å². The molecule has 0 amide bonds. The average Bonchev–Trinajstić information content (AvgIpc) is 2.22. The molecule has 0 aliphatic heterocycles. The summed E-state index contributed by atoms with van der Waals surface area (Å²) in [7, 11) is 0. The lowest BCUT2D eigenvalue weighted by Gasteiger charge is -2.45. The molecule has 0 aromatic carbocycles. The van der Waals surface area contributed by atoms with Crippen LogP contribution in [0.3, 0.4) is 0 Å². The molecule has 0 N–H and O–H groups in total. The minimum Gasteiger partial charge on any atom is -0.459 e. The van der Waals surface area contributed by atoms with Gasteiger partial charge in [-0.05, 0) is 30.6 Å². The summed E-state index contributed by atoms with van der Waals surface area (Å²) in [5.74, 6) is -0.519. The van der Waals surface area contributed by atoms with E-state index in [1.165, 1.54) is 0 Å². The van der Waals surface area contributed by atoms with Crippen LogP contribution >= 0.6 is 0 Å². The number of ether oxygens (including phenoxy) is 1. The number of hydrogen-bond donors (Lipinski definition) is 0. The standard InChI is InChI=1S/C15H28F2O2/c1-8-14(5,6)15(7,10-13(2,3)4)12(18)19-9-11(16)17/h11H,8-10H2,1-7H3. The molecule has 0 heterocycles. The van der Waals surface area contributed by atoms with E-state index in [0.29, 0.717) is 6.42 Å². The number of esters is 1. The van der Waals surface area contributed by atoms with Crippen molar-refractivity contribution >= 4 is 5.97 Å². The SMILES string of the molecule is CCC(C)(C)C(C)(CC(C)(C)C)C(=O)OCC(F)F. The van der Waals surface area contributed by atoms with Gasteiger partial charge in [0.2, 0.25) is 0 Å². The van der Waals surface area contributed by atoms with Crippen LogP contribution in [0.15, 0.2) is 0 Å². The third-order valence-electron chi connectivity index (χ3n) is 4.05. The van der Waals surface area contributed by atoms with Gasteiger partial charge < -0.3 is 4.74 Å². The Morgan fingerprint density at radius 2 is 1.58 bits per heavy atom. The van der Waals surface area contributed by atoms with Crippen LogP contribution < -0.4 is 0 Å². The van der Waals surface area contributed by atoms with Crippen molar-refractivity contribution in [1.29, 1.82) is 0 Å². The number of halogens is 2. The minimum absolute atomic E-state index is 0.0783. The van der Waals surface area contributed by atoms with Crippen molar-refractivity contribution in [3.63, 3.8) is 0 Å². The first-order chi connectivity index (χ1) is 8.35. The molecule has 0 aliphatic rings. The number of rotatable bonds is 6. The second-order valence-electron chi connectivity index (χ2n) is 7.30. The molecule has 0 fully saturated rings. The Kier molecular flexibility index (Phi) is 5.97. The molecular weight excluding hydrogens is 250 g/mol. The molecule has 0 saturated heterocycles. The van der Waals surface area contributed by atoms with Gasteiger partial charge in [-0.25, -0.2) is 8.78 Å². The van der Waals surface area contributed by atoms with Crippen molar-refractivity contribution < 1.29 is 18.3 Å². The first-order valence-electron chi connectivity index (χ1n) is 6.81. The van der Waals surface area contributed by atoms with Crippen LogP contribution in [0.4, 0.5) is 8.78 Å². The molecule has 0 aromatic heterocycles. The summed E-state index contributed by atoms with van der Waals surface area (Å²) in [6.45, 7) is 13.1. The summed E-state index contributed by atoms with van der Waals surface area (Å²) < 4.78 is 29.3. The zero-order chi connectivity index (χ0) is 15.5. The van der Waals surface area contributed by atoms with E-state index < -0.39 is 24.4 Å². The number of carbonyl (C=O) groups excluding carboxylic acids is 1. The van der Waals surface area contributed by atoms with Crippen LogP contribution in [0.2, 0.25) is 0 Å². The van der Waals surface area contributed by atoms with Gasteiger partial charge in [0.15, 0.2) is 6.61 Å². The van der Waals surface area contributed by atoms with Crippen LogP contribution in [0, 0.1) is 16.2 Å². The summed E-state index contributed by atoms with van der Waals surface area (Å²) in [5, 5.41) is 0. The highest BCUT2D eigenvalue weighted by molar-refractivity contribution is 5.77. The first kappa shape index (κ1) is 18.3. The van der Waals surface area contributed by atoms with E-state index in [-0.39, 0.29) is 10.8 Å². The maximum Gasteiger partial charge on any atom is 0.312 e. The fourth-order valence-electron chi connectivity index (χ4n) is 2.34. The fourth-order valence-corrected chi connectivity index (χ4v) is 2.34. The van der Waals surface area contributed by atoms with Gasteiger partial charge in [0.1, 0.15) is 0 Å². The molecule has 0 spiro atoms. The van der Waals surface area contributed by atoms with E-state index in [9.17, 15) is 13.6 Å². The van der Waals surface area contributed by atoms with Crippen molar-refractivity contribution in [3.05, 3.63) is 0 Å². The molecule has 2 nitrogen and oxygen atoms in total. The van der Waals surface area contributed by atoms with Crippen molar-refractivity contribution in [2.24, 2.45) is 16.2 Å². The van der Waals surface area contributed by atoms with E-state index in [1.807, 2.05) is 48.5 Å². The summed E-state index contributed by atoms with van der Waals surface area (Å²) in [4.78, 5) is 12.3. The molecule has 4 heteroatoms. The molecule has 0 bridgehead atoms. The lowest BCUT2D eigenvalue weighted by molar-refractivity contribution is -0.169. The summed E-state index contributed by atoms with van der Waals surface area (Å²) in [5.41, 5.74) is -1.15.